The first kappa shape index (κ1) is 25.3. The number of hydrogen-bond donors (Lipinski definition) is 2. The molecule has 1 aliphatic carbocycles. The second kappa shape index (κ2) is 11.7. The molecule has 10 heteroatoms. The molecule has 2 aromatic rings. The Morgan fingerprint density at radius 1 is 1.00 bits per heavy atom. The molecule has 2 amide bonds. The molecule has 1 fully saturated rings. The van der Waals surface area contributed by atoms with E-state index in [1.165, 1.54) is 6.92 Å². The second-order valence-electron chi connectivity index (χ2n) is 8.48. The molecule has 186 valence electrons. The van der Waals surface area contributed by atoms with E-state index < -0.39 is 5.54 Å². The highest BCUT2D eigenvalue weighted by Crippen LogP contribution is 2.35. The van der Waals surface area contributed by atoms with E-state index >= 15 is 0 Å². The van der Waals surface area contributed by atoms with Gasteiger partial charge in [-0.3, -0.25) is 9.59 Å². The number of hydrogen-bond acceptors (Lipinski definition) is 8. The minimum atomic E-state index is -0.601. The molecule has 0 bridgehead atoms. The maximum atomic E-state index is 12.5. The lowest BCUT2D eigenvalue weighted by molar-refractivity contribution is -0.122. The first-order chi connectivity index (χ1) is 16.4. The van der Waals surface area contributed by atoms with Crippen LogP contribution < -0.4 is 24.8 Å². The topological polar surface area (TPSA) is 125 Å². The summed E-state index contributed by atoms with van der Waals surface area (Å²) in [7, 11) is 4.66. The van der Waals surface area contributed by atoms with Gasteiger partial charge < -0.3 is 29.4 Å². The predicted octanol–water partition coefficient (Wildman–Crippen LogP) is 3.03. The first-order valence-electron chi connectivity index (χ1n) is 11.6. The van der Waals surface area contributed by atoms with Crippen molar-refractivity contribution in [3.63, 3.8) is 0 Å². The Kier molecular flexibility index (Phi) is 8.72. The SMILES string of the molecule is COc1cc(OC)c(OC)cc1CNC(=O)CCc1nc(C2(NC(C)=O)CCCCCC2)no1. The fourth-order valence-corrected chi connectivity index (χ4v) is 4.36. The summed E-state index contributed by atoms with van der Waals surface area (Å²) in [4.78, 5) is 28.9. The number of methoxy groups -OCH3 is 3. The third kappa shape index (κ3) is 6.18. The molecule has 2 N–H and O–H groups in total. The van der Waals surface area contributed by atoms with Crippen LogP contribution in [-0.2, 0) is 28.1 Å². The molecular formula is C24H34N4O6. The fraction of sp³-hybridized carbons (Fsp3) is 0.583. The number of carbonyl (C=O) groups excluding carboxylic acids is 2. The number of aromatic nitrogens is 2. The first-order valence-corrected chi connectivity index (χ1v) is 11.6. The minimum Gasteiger partial charge on any atom is -0.496 e. The van der Waals surface area contributed by atoms with E-state index in [1.54, 1.807) is 33.5 Å². The van der Waals surface area contributed by atoms with Crippen molar-refractivity contribution in [3.8, 4) is 17.2 Å². The second-order valence-corrected chi connectivity index (χ2v) is 8.48. The number of aryl methyl sites for hydroxylation is 1. The Bertz CT molecular complexity index is 982. The van der Waals surface area contributed by atoms with Crippen LogP contribution >= 0.6 is 0 Å². The van der Waals surface area contributed by atoms with E-state index in [1.807, 2.05) is 0 Å². The highest BCUT2D eigenvalue weighted by Gasteiger charge is 2.38. The van der Waals surface area contributed by atoms with Crippen LogP contribution in [0.15, 0.2) is 16.7 Å². The summed E-state index contributed by atoms with van der Waals surface area (Å²) in [6, 6.07) is 3.50. The van der Waals surface area contributed by atoms with Crippen LogP contribution in [0.4, 0.5) is 0 Å². The average molecular weight is 475 g/mol. The van der Waals surface area contributed by atoms with Crippen LogP contribution in [0.2, 0.25) is 0 Å². The van der Waals surface area contributed by atoms with Crippen molar-refractivity contribution in [2.45, 2.75) is 70.4 Å². The lowest BCUT2D eigenvalue weighted by atomic mass is 9.89. The zero-order chi connectivity index (χ0) is 24.6. The van der Waals surface area contributed by atoms with E-state index in [4.69, 9.17) is 18.7 Å². The lowest BCUT2D eigenvalue weighted by Crippen LogP contribution is -2.45. The van der Waals surface area contributed by atoms with Crippen molar-refractivity contribution in [2.75, 3.05) is 21.3 Å². The van der Waals surface area contributed by atoms with Crippen molar-refractivity contribution >= 4 is 11.8 Å². The summed E-state index contributed by atoms with van der Waals surface area (Å²) in [5, 5.41) is 10.1. The molecule has 0 unspecified atom stereocenters. The molecule has 1 aromatic carbocycles. The molecule has 3 rings (SSSR count). The van der Waals surface area contributed by atoms with Crippen LogP contribution in [0.25, 0.3) is 0 Å². The Hall–Kier alpha value is -3.30. The van der Waals surface area contributed by atoms with E-state index in [9.17, 15) is 9.59 Å². The highest BCUT2D eigenvalue weighted by atomic mass is 16.5. The third-order valence-corrected chi connectivity index (χ3v) is 6.10. The van der Waals surface area contributed by atoms with Crippen LogP contribution in [0.3, 0.4) is 0 Å². The van der Waals surface area contributed by atoms with Gasteiger partial charge in [0, 0.05) is 37.9 Å². The predicted molar refractivity (Wildman–Crippen MR) is 124 cm³/mol. The molecule has 1 aliphatic rings. The number of amides is 2. The van der Waals surface area contributed by atoms with Gasteiger partial charge in [0.25, 0.3) is 0 Å². The zero-order valence-corrected chi connectivity index (χ0v) is 20.4. The number of nitrogens with one attached hydrogen (secondary N) is 2. The van der Waals surface area contributed by atoms with Crippen LogP contribution in [0.5, 0.6) is 17.2 Å². The average Bonchev–Trinajstić information content (AvgIpc) is 3.20. The number of benzene rings is 1. The third-order valence-electron chi connectivity index (χ3n) is 6.10. The van der Waals surface area contributed by atoms with Gasteiger partial charge in [-0.1, -0.05) is 30.8 Å². The van der Waals surface area contributed by atoms with Crippen molar-refractivity contribution in [1.82, 2.24) is 20.8 Å². The van der Waals surface area contributed by atoms with Crippen LogP contribution in [0, 0.1) is 0 Å². The monoisotopic (exact) mass is 474 g/mol. The molecule has 0 saturated heterocycles. The maximum Gasteiger partial charge on any atom is 0.227 e. The van der Waals surface area contributed by atoms with Gasteiger partial charge in [-0.25, -0.2) is 0 Å². The van der Waals surface area contributed by atoms with Crippen molar-refractivity contribution < 1.29 is 28.3 Å². The van der Waals surface area contributed by atoms with Gasteiger partial charge in [0.15, 0.2) is 17.3 Å². The molecular weight excluding hydrogens is 440 g/mol. The quantitative estimate of drug-likeness (QED) is 0.504. The summed E-state index contributed by atoms with van der Waals surface area (Å²) in [6.45, 7) is 1.77. The van der Waals surface area contributed by atoms with E-state index in [0.29, 0.717) is 35.4 Å². The maximum absolute atomic E-state index is 12.5. The largest absolute Gasteiger partial charge is 0.496 e. The summed E-state index contributed by atoms with van der Waals surface area (Å²) < 4.78 is 21.5. The molecule has 34 heavy (non-hydrogen) atoms. The van der Waals surface area contributed by atoms with Gasteiger partial charge in [-0.15, -0.1) is 0 Å². The van der Waals surface area contributed by atoms with Crippen molar-refractivity contribution in [2.24, 2.45) is 0 Å². The molecule has 0 radical (unpaired) electrons. The molecule has 0 spiro atoms. The van der Waals surface area contributed by atoms with Crippen LogP contribution in [-0.4, -0.2) is 43.3 Å². The standard InChI is InChI=1S/C24H34N4O6/c1-16(29)27-24(11-7-5-6-8-12-24)23-26-22(34-28-23)10-9-21(30)25-15-17-13-19(32-3)20(33-4)14-18(17)31-2/h13-14H,5-12,15H2,1-4H3,(H,25,30)(H,27,29). The molecule has 1 aromatic heterocycles. The van der Waals surface area contributed by atoms with Crippen LogP contribution in [0.1, 0.15) is 69.1 Å². The van der Waals surface area contributed by atoms with Crippen molar-refractivity contribution in [1.29, 1.82) is 0 Å². The van der Waals surface area contributed by atoms with Gasteiger partial charge in [-0.05, 0) is 18.9 Å². The number of rotatable bonds is 10. The fourth-order valence-electron chi connectivity index (χ4n) is 4.36. The Morgan fingerprint density at radius 3 is 2.26 bits per heavy atom. The number of carbonyl (C=O) groups is 2. The Balaban J connectivity index is 1.60. The van der Waals surface area contributed by atoms with E-state index in [-0.39, 0.29) is 24.8 Å². The minimum absolute atomic E-state index is 0.113. The van der Waals surface area contributed by atoms with Gasteiger partial charge in [0.2, 0.25) is 17.7 Å². The van der Waals surface area contributed by atoms with Gasteiger partial charge in [0.05, 0.1) is 21.3 Å². The molecule has 0 aliphatic heterocycles. The zero-order valence-electron chi connectivity index (χ0n) is 20.4. The smallest absolute Gasteiger partial charge is 0.227 e. The summed E-state index contributed by atoms with van der Waals surface area (Å²) in [5.74, 6) is 2.29. The summed E-state index contributed by atoms with van der Waals surface area (Å²) >= 11 is 0. The molecule has 1 heterocycles. The number of nitrogens with zero attached hydrogens (tertiary/aromatic N) is 2. The normalized spacial score (nSPS) is 15.2. The van der Waals surface area contributed by atoms with E-state index in [2.05, 4.69) is 20.8 Å². The van der Waals surface area contributed by atoms with Gasteiger partial charge >= 0.3 is 0 Å². The van der Waals surface area contributed by atoms with E-state index in [0.717, 1.165) is 44.1 Å². The number of ether oxygens (including phenoxy) is 3. The van der Waals surface area contributed by atoms with Gasteiger partial charge in [-0.2, -0.15) is 4.98 Å². The Labute approximate surface area is 199 Å². The highest BCUT2D eigenvalue weighted by molar-refractivity contribution is 5.76. The van der Waals surface area contributed by atoms with Crippen molar-refractivity contribution in [3.05, 3.63) is 29.4 Å². The molecule has 10 nitrogen and oxygen atoms in total. The Morgan fingerprint density at radius 2 is 1.65 bits per heavy atom. The lowest BCUT2D eigenvalue weighted by Gasteiger charge is -2.30. The summed E-state index contributed by atoms with van der Waals surface area (Å²) in [5.41, 5.74) is 0.162. The molecule has 0 atom stereocenters. The van der Waals surface area contributed by atoms with Gasteiger partial charge in [0.1, 0.15) is 11.3 Å². The summed E-state index contributed by atoms with van der Waals surface area (Å²) in [6.07, 6.45) is 6.27. The molecule has 1 saturated carbocycles.